The highest BCUT2D eigenvalue weighted by Crippen LogP contribution is 2.29. The number of carbonyl (C=O) groups is 1. The average molecular weight is 211 g/mol. The van der Waals surface area contributed by atoms with Gasteiger partial charge in [-0.05, 0) is 38.1 Å². The molecular weight excluding hydrogens is 190 g/mol. The largest absolute Gasteiger partial charge is 0.481 e. The zero-order valence-corrected chi connectivity index (χ0v) is 9.32. The van der Waals surface area contributed by atoms with Gasteiger partial charge in [-0.2, -0.15) is 0 Å². The summed E-state index contributed by atoms with van der Waals surface area (Å²) in [5.74, 6) is -0.00369. The van der Waals surface area contributed by atoms with Crippen LogP contribution in [-0.4, -0.2) is 35.1 Å². The Bertz CT molecular complexity index is 224. The van der Waals surface area contributed by atoms with E-state index in [4.69, 9.17) is 5.11 Å². The van der Waals surface area contributed by atoms with E-state index in [-0.39, 0.29) is 0 Å². The van der Waals surface area contributed by atoms with Crippen LogP contribution >= 0.6 is 0 Å². The van der Waals surface area contributed by atoms with E-state index < -0.39 is 5.97 Å². The Morgan fingerprint density at radius 1 is 1.27 bits per heavy atom. The number of rotatable bonds is 4. The van der Waals surface area contributed by atoms with E-state index in [0.29, 0.717) is 12.3 Å². The highest BCUT2D eigenvalue weighted by molar-refractivity contribution is 5.66. The monoisotopic (exact) mass is 211 g/mol. The van der Waals surface area contributed by atoms with Crippen LogP contribution in [0.3, 0.4) is 0 Å². The van der Waals surface area contributed by atoms with Crippen LogP contribution in [0.4, 0.5) is 0 Å². The third kappa shape index (κ3) is 2.94. The number of hydrogen-bond donors (Lipinski definition) is 1. The van der Waals surface area contributed by atoms with Gasteiger partial charge in [0, 0.05) is 19.0 Å². The Hall–Kier alpha value is -0.570. The van der Waals surface area contributed by atoms with E-state index in [9.17, 15) is 4.79 Å². The lowest BCUT2D eigenvalue weighted by molar-refractivity contribution is -0.137. The molecule has 1 N–H and O–H groups in total. The molecule has 15 heavy (non-hydrogen) atoms. The lowest BCUT2D eigenvalue weighted by atomic mass is 10.0. The minimum atomic E-state index is -0.644. The second-order valence-corrected chi connectivity index (χ2v) is 5.02. The van der Waals surface area contributed by atoms with Crippen molar-refractivity contribution < 1.29 is 9.90 Å². The van der Waals surface area contributed by atoms with Gasteiger partial charge in [0.05, 0.1) is 0 Å². The van der Waals surface area contributed by atoms with Gasteiger partial charge in [-0.25, -0.2) is 0 Å². The van der Waals surface area contributed by atoms with Crippen molar-refractivity contribution in [3.8, 4) is 0 Å². The molecule has 1 aliphatic heterocycles. The summed E-state index contributed by atoms with van der Waals surface area (Å²) in [4.78, 5) is 13.1. The van der Waals surface area contributed by atoms with E-state index in [1.807, 2.05) is 0 Å². The first kappa shape index (κ1) is 10.9. The summed E-state index contributed by atoms with van der Waals surface area (Å²) in [6, 6.07) is 0.819. The molecule has 1 saturated carbocycles. The van der Waals surface area contributed by atoms with E-state index in [1.165, 1.54) is 38.6 Å². The van der Waals surface area contributed by atoms with Crippen molar-refractivity contribution in [3.05, 3.63) is 0 Å². The van der Waals surface area contributed by atoms with E-state index >= 15 is 0 Å². The summed E-state index contributed by atoms with van der Waals surface area (Å²) >= 11 is 0. The zero-order valence-electron chi connectivity index (χ0n) is 9.32. The number of nitrogens with zero attached hydrogens (tertiary/aromatic N) is 1. The second-order valence-electron chi connectivity index (χ2n) is 5.02. The molecule has 1 unspecified atom stereocenters. The van der Waals surface area contributed by atoms with E-state index in [1.54, 1.807) is 0 Å². The molecule has 86 valence electrons. The molecule has 0 spiro atoms. The maximum atomic E-state index is 10.5. The van der Waals surface area contributed by atoms with Crippen molar-refractivity contribution in [3.63, 3.8) is 0 Å². The first-order valence-corrected chi connectivity index (χ1v) is 6.21. The normalized spacial score (nSPS) is 28.7. The fourth-order valence-corrected chi connectivity index (χ4v) is 3.03. The van der Waals surface area contributed by atoms with E-state index in [2.05, 4.69) is 4.90 Å². The van der Waals surface area contributed by atoms with Crippen LogP contribution < -0.4 is 0 Å². The number of carboxylic acids is 1. The molecule has 3 heteroatoms. The standard InChI is InChI=1S/C12H21NO2/c14-12(15)6-5-10-7-8-13(9-10)11-3-1-2-4-11/h10-11H,1-9H2,(H,14,15). The lowest BCUT2D eigenvalue weighted by Crippen LogP contribution is -2.30. The van der Waals surface area contributed by atoms with Crippen molar-refractivity contribution in [2.75, 3.05) is 13.1 Å². The molecule has 1 heterocycles. The molecule has 0 amide bonds. The summed E-state index contributed by atoms with van der Waals surface area (Å²) in [6.07, 6.45) is 7.95. The van der Waals surface area contributed by atoms with Gasteiger partial charge in [0.25, 0.3) is 0 Å². The minimum Gasteiger partial charge on any atom is -0.481 e. The SMILES string of the molecule is O=C(O)CCC1CCN(C2CCCC2)C1. The average Bonchev–Trinajstić information content (AvgIpc) is 2.85. The minimum absolute atomic E-state index is 0.350. The summed E-state index contributed by atoms with van der Waals surface area (Å²) in [6.45, 7) is 2.35. The molecular formula is C12H21NO2. The molecule has 3 nitrogen and oxygen atoms in total. The second kappa shape index (κ2) is 4.97. The predicted molar refractivity (Wildman–Crippen MR) is 58.8 cm³/mol. The fourth-order valence-electron chi connectivity index (χ4n) is 3.03. The maximum absolute atomic E-state index is 10.5. The Morgan fingerprint density at radius 2 is 2.00 bits per heavy atom. The molecule has 1 saturated heterocycles. The van der Waals surface area contributed by atoms with Gasteiger partial charge in [-0.15, -0.1) is 0 Å². The number of likely N-dealkylation sites (tertiary alicyclic amines) is 1. The number of hydrogen-bond acceptors (Lipinski definition) is 2. The van der Waals surface area contributed by atoms with Crippen molar-refractivity contribution in [2.45, 2.75) is 51.0 Å². The Labute approximate surface area is 91.5 Å². The molecule has 0 aromatic rings. The van der Waals surface area contributed by atoms with E-state index in [0.717, 1.165) is 19.0 Å². The molecule has 1 aliphatic carbocycles. The molecule has 2 fully saturated rings. The first-order valence-electron chi connectivity index (χ1n) is 6.21. The summed E-state index contributed by atoms with van der Waals surface area (Å²) in [7, 11) is 0. The van der Waals surface area contributed by atoms with Gasteiger partial charge in [0.2, 0.25) is 0 Å². The van der Waals surface area contributed by atoms with Gasteiger partial charge in [-0.1, -0.05) is 12.8 Å². The molecule has 0 bridgehead atoms. The summed E-state index contributed by atoms with van der Waals surface area (Å²) < 4.78 is 0. The Balaban J connectivity index is 1.71. The van der Waals surface area contributed by atoms with Crippen LogP contribution in [0.15, 0.2) is 0 Å². The predicted octanol–water partition coefficient (Wildman–Crippen LogP) is 2.12. The van der Waals surface area contributed by atoms with Crippen LogP contribution in [0.1, 0.15) is 44.9 Å². The third-order valence-corrected chi connectivity index (χ3v) is 3.92. The topological polar surface area (TPSA) is 40.5 Å². The smallest absolute Gasteiger partial charge is 0.303 e. The van der Waals surface area contributed by atoms with Crippen molar-refractivity contribution in [1.29, 1.82) is 0 Å². The Kier molecular flexibility index (Phi) is 3.62. The third-order valence-electron chi connectivity index (χ3n) is 3.92. The molecule has 1 atom stereocenters. The Morgan fingerprint density at radius 3 is 2.67 bits per heavy atom. The number of aliphatic carboxylic acids is 1. The zero-order chi connectivity index (χ0) is 10.7. The van der Waals surface area contributed by atoms with Crippen LogP contribution in [0, 0.1) is 5.92 Å². The van der Waals surface area contributed by atoms with Gasteiger partial charge in [-0.3, -0.25) is 4.79 Å². The summed E-state index contributed by atoms with van der Waals surface area (Å²) in [5, 5.41) is 8.64. The maximum Gasteiger partial charge on any atom is 0.303 e. The van der Waals surface area contributed by atoms with Crippen molar-refractivity contribution >= 4 is 5.97 Å². The van der Waals surface area contributed by atoms with Gasteiger partial charge in [0.1, 0.15) is 0 Å². The van der Waals surface area contributed by atoms with Crippen molar-refractivity contribution in [2.24, 2.45) is 5.92 Å². The molecule has 2 aliphatic rings. The van der Waals surface area contributed by atoms with Gasteiger partial charge < -0.3 is 10.0 Å². The van der Waals surface area contributed by atoms with Crippen LogP contribution in [0.5, 0.6) is 0 Å². The molecule has 0 radical (unpaired) electrons. The molecule has 2 rings (SSSR count). The highest BCUT2D eigenvalue weighted by Gasteiger charge is 2.29. The summed E-state index contributed by atoms with van der Waals surface area (Å²) in [5.41, 5.74) is 0. The fraction of sp³-hybridized carbons (Fsp3) is 0.917. The van der Waals surface area contributed by atoms with Gasteiger partial charge >= 0.3 is 5.97 Å². The van der Waals surface area contributed by atoms with Gasteiger partial charge in [0.15, 0.2) is 0 Å². The molecule has 0 aromatic carbocycles. The van der Waals surface area contributed by atoms with Crippen LogP contribution in [0.2, 0.25) is 0 Å². The van der Waals surface area contributed by atoms with Crippen molar-refractivity contribution in [1.82, 2.24) is 4.90 Å². The highest BCUT2D eigenvalue weighted by atomic mass is 16.4. The van der Waals surface area contributed by atoms with Crippen LogP contribution in [-0.2, 0) is 4.79 Å². The molecule has 0 aromatic heterocycles. The first-order chi connectivity index (χ1) is 7.25. The number of carboxylic acid groups (broad SMARTS) is 1. The quantitative estimate of drug-likeness (QED) is 0.774. The lowest BCUT2D eigenvalue weighted by Gasteiger charge is -2.23. The van der Waals surface area contributed by atoms with Crippen LogP contribution in [0.25, 0.3) is 0 Å².